The maximum atomic E-state index is 12.1. The summed E-state index contributed by atoms with van der Waals surface area (Å²) in [5, 5.41) is 9.85. The van der Waals surface area contributed by atoms with Crippen LogP contribution in [0.25, 0.3) is 16.3 Å². The van der Waals surface area contributed by atoms with Crippen LogP contribution in [-0.2, 0) is 4.79 Å². The number of benzene rings is 1. The molecule has 0 bridgehead atoms. The van der Waals surface area contributed by atoms with Gasteiger partial charge in [-0.3, -0.25) is 4.79 Å². The first-order valence-electron chi connectivity index (χ1n) is 6.73. The highest BCUT2D eigenvalue weighted by molar-refractivity contribution is 7.19. The van der Waals surface area contributed by atoms with Crippen LogP contribution in [0.15, 0.2) is 30.3 Å². The molecule has 1 aromatic carbocycles. The summed E-state index contributed by atoms with van der Waals surface area (Å²) in [7, 11) is 0. The van der Waals surface area contributed by atoms with E-state index >= 15 is 0 Å². The van der Waals surface area contributed by atoms with E-state index in [1.54, 1.807) is 28.4 Å². The number of amides is 1. The highest BCUT2D eigenvalue weighted by Gasteiger charge is 2.30. The second-order valence-electron chi connectivity index (χ2n) is 4.84. The maximum absolute atomic E-state index is 12.1. The second-order valence-corrected chi connectivity index (χ2v) is 5.90. The third-order valence-electron chi connectivity index (χ3n) is 3.29. The molecule has 1 fully saturated rings. The molecule has 1 N–H and O–H groups in total. The number of hydrogen-bond donors (Lipinski definition) is 1. The van der Waals surface area contributed by atoms with E-state index in [2.05, 4.69) is 4.98 Å². The molecule has 1 heterocycles. The molecule has 20 heavy (non-hydrogen) atoms. The van der Waals surface area contributed by atoms with Crippen molar-refractivity contribution in [3.8, 4) is 0 Å². The van der Waals surface area contributed by atoms with Crippen LogP contribution in [0.2, 0.25) is 0 Å². The van der Waals surface area contributed by atoms with Gasteiger partial charge in [-0.05, 0) is 31.1 Å². The Bertz CT molecular complexity index is 613. The Morgan fingerprint density at radius 3 is 2.95 bits per heavy atom. The number of thiazole rings is 1. The summed E-state index contributed by atoms with van der Waals surface area (Å²) in [6.45, 7) is 0.422. The molecule has 4 nitrogen and oxygen atoms in total. The Hall–Kier alpha value is -1.72. The van der Waals surface area contributed by atoms with Crippen molar-refractivity contribution in [3.05, 3.63) is 35.3 Å². The Balaban J connectivity index is 1.73. The third kappa shape index (κ3) is 2.89. The molecule has 1 aliphatic carbocycles. The number of nitrogens with zero attached hydrogens (tertiary/aromatic N) is 2. The molecule has 0 aliphatic heterocycles. The van der Waals surface area contributed by atoms with E-state index in [1.165, 1.54) is 0 Å². The van der Waals surface area contributed by atoms with Crippen molar-refractivity contribution in [2.45, 2.75) is 18.9 Å². The smallest absolute Gasteiger partial charge is 0.246 e. The molecule has 1 amide bonds. The van der Waals surface area contributed by atoms with Gasteiger partial charge in [0.05, 0.1) is 16.8 Å². The largest absolute Gasteiger partial charge is 0.395 e. The third-order valence-corrected chi connectivity index (χ3v) is 4.29. The summed E-state index contributed by atoms with van der Waals surface area (Å²) in [6, 6.07) is 8.24. The zero-order valence-corrected chi connectivity index (χ0v) is 11.8. The monoisotopic (exact) mass is 288 g/mol. The first-order valence-corrected chi connectivity index (χ1v) is 7.54. The van der Waals surface area contributed by atoms with Crippen molar-refractivity contribution < 1.29 is 9.90 Å². The number of carbonyl (C=O) groups excluding carboxylic acids is 1. The van der Waals surface area contributed by atoms with Crippen molar-refractivity contribution in [1.29, 1.82) is 0 Å². The first-order chi connectivity index (χ1) is 9.78. The lowest BCUT2D eigenvalue weighted by Gasteiger charge is -2.19. The fourth-order valence-electron chi connectivity index (χ4n) is 2.17. The standard InChI is InChI=1S/C15H16N2O2S/c18-10-9-17(11-5-6-11)15(19)8-7-14-16-12-3-1-2-4-13(12)20-14/h1-4,7-8,11,18H,5-6,9-10H2/b8-7+. The summed E-state index contributed by atoms with van der Waals surface area (Å²) >= 11 is 1.57. The lowest BCUT2D eigenvalue weighted by molar-refractivity contribution is -0.127. The van der Waals surface area contributed by atoms with E-state index < -0.39 is 0 Å². The van der Waals surface area contributed by atoms with Crippen LogP contribution in [0.3, 0.4) is 0 Å². The Kier molecular flexibility index (Phi) is 3.80. The quantitative estimate of drug-likeness (QED) is 0.859. The van der Waals surface area contributed by atoms with E-state index in [9.17, 15) is 4.79 Å². The van der Waals surface area contributed by atoms with Gasteiger partial charge >= 0.3 is 0 Å². The van der Waals surface area contributed by atoms with Gasteiger partial charge in [-0.15, -0.1) is 11.3 Å². The molecule has 1 saturated carbocycles. The molecule has 0 unspecified atom stereocenters. The maximum Gasteiger partial charge on any atom is 0.246 e. The van der Waals surface area contributed by atoms with Gasteiger partial charge in [0.1, 0.15) is 5.01 Å². The Morgan fingerprint density at radius 1 is 1.45 bits per heavy atom. The molecule has 0 spiro atoms. The lowest BCUT2D eigenvalue weighted by atomic mass is 10.3. The summed E-state index contributed by atoms with van der Waals surface area (Å²) in [5.74, 6) is -0.0409. The van der Waals surface area contributed by atoms with Crippen LogP contribution in [0, 0.1) is 0 Å². The SMILES string of the molecule is O=C(/C=C/c1nc2ccccc2s1)N(CCO)C1CC1. The molecular weight excluding hydrogens is 272 g/mol. The molecule has 0 radical (unpaired) electrons. The first kappa shape index (κ1) is 13.3. The molecule has 1 aliphatic rings. The number of fused-ring (bicyclic) bond motifs is 1. The van der Waals surface area contributed by atoms with E-state index in [0.29, 0.717) is 12.6 Å². The zero-order chi connectivity index (χ0) is 13.9. The molecule has 0 atom stereocenters. The topological polar surface area (TPSA) is 53.4 Å². The van der Waals surface area contributed by atoms with Crippen LogP contribution < -0.4 is 0 Å². The van der Waals surface area contributed by atoms with Gasteiger partial charge in [0.2, 0.25) is 5.91 Å². The summed E-state index contributed by atoms with van der Waals surface area (Å²) in [5.41, 5.74) is 0.957. The number of hydrogen-bond acceptors (Lipinski definition) is 4. The number of aliphatic hydroxyl groups excluding tert-OH is 1. The highest BCUT2D eigenvalue weighted by Crippen LogP contribution is 2.27. The highest BCUT2D eigenvalue weighted by atomic mass is 32.1. The van der Waals surface area contributed by atoms with Crippen LogP contribution in [0.4, 0.5) is 0 Å². The van der Waals surface area contributed by atoms with Gasteiger partial charge < -0.3 is 10.0 Å². The van der Waals surface area contributed by atoms with Crippen molar-refractivity contribution in [2.24, 2.45) is 0 Å². The number of carbonyl (C=O) groups is 1. The van der Waals surface area contributed by atoms with Crippen LogP contribution >= 0.6 is 11.3 Å². The average molecular weight is 288 g/mol. The molecule has 1 aromatic heterocycles. The fraction of sp³-hybridized carbons (Fsp3) is 0.333. The zero-order valence-electron chi connectivity index (χ0n) is 11.0. The average Bonchev–Trinajstić information content (AvgIpc) is 3.20. The lowest BCUT2D eigenvalue weighted by Crippen LogP contribution is -2.34. The van der Waals surface area contributed by atoms with Crippen molar-refractivity contribution in [2.75, 3.05) is 13.2 Å². The molecule has 5 heteroatoms. The van der Waals surface area contributed by atoms with E-state index in [0.717, 1.165) is 28.1 Å². The minimum Gasteiger partial charge on any atom is -0.395 e. The van der Waals surface area contributed by atoms with Gasteiger partial charge in [-0.25, -0.2) is 4.98 Å². The van der Waals surface area contributed by atoms with Crippen molar-refractivity contribution in [1.82, 2.24) is 9.88 Å². The van der Waals surface area contributed by atoms with Gasteiger partial charge in [-0.2, -0.15) is 0 Å². The normalized spacial score (nSPS) is 15.1. The van der Waals surface area contributed by atoms with Crippen LogP contribution in [0.5, 0.6) is 0 Å². The second kappa shape index (κ2) is 5.73. The Labute approximate surface area is 121 Å². The molecule has 2 aromatic rings. The van der Waals surface area contributed by atoms with Crippen LogP contribution in [-0.4, -0.2) is 40.1 Å². The van der Waals surface area contributed by atoms with Gasteiger partial charge in [0.15, 0.2) is 0 Å². The van der Waals surface area contributed by atoms with Gasteiger partial charge in [-0.1, -0.05) is 12.1 Å². The number of aliphatic hydroxyl groups is 1. The summed E-state index contributed by atoms with van der Waals surface area (Å²) in [4.78, 5) is 18.3. The van der Waals surface area contributed by atoms with Crippen molar-refractivity contribution >= 4 is 33.5 Å². The fourth-order valence-corrected chi connectivity index (χ4v) is 3.04. The van der Waals surface area contributed by atoms with Crippen molar-refractivity contribution in [3.63, 3.8) is 0 Å². The molecular formula is C15H16N2O2S. The number of para-hydroxylation sites is 1. The minimum absolute atomic E-state index is 0.0111. The van der Waals surface area contributed by atoms with Gasteiger partial charge in [0, 0.05) is 18.7 Å². The molecule has 0 saturated heterocycles. The summed E-state index contributed by atoms with van der Waals surface area (Å²) in [6.07, 6.45) is 5.41. The van der Waals surface area contributed by atoms with E-state index in [-0.39, 0.29) is 12.5 Å². The molecule has 104 valence electrons. The number of rotatable bonds is 5. The van der Waals surface area contributed by atoms with E-state index in [4.69, 9.17) is 5.11 Å². The predicted octanol–water partition coefficient (Wildman–Crippen LogP) is 2.29. The minimum atomic E-state index is -0.0409. The molecule has 3 rings (SSSR count). The summed E-state index contributed by atoms with van der Waals surface area (Å²) < 4.78 is 1.12. The van der Waals surface area contributed by atoms with Gasteiger partial charge in [0.25, 0.3) is 0 Å². The van der Waals surface area contributed by atoms with Crippen LogP contribution in [0.1, 0.15) is 17.8 Å². The predicted molar refractivity (Wildman–Crippen MR) is 80.5 cm³/mol. The number of aromatic nitrogens is 1. The van der Waals surface area contributed by atoms with E-state index in [1.807, 2.05) is 24.3 Å². The Morgan fingerprint density at radius 2 is 2.25 bits per heavy atom.